The molecule has 7 N–H and O–H groups in total. The zero-order valence-corrected chi connectivity index (χ0v) is 22.9. The maximum atomic E-state index is 11.6. The molecule has 17 nitrogen and oxygen atoms in total. The molecule has 0 aromatic carbocycles. The van der Waals surface area contributed by atoms with Crippen molar-refractivity contribution in [1.82, 2.24) is 24.5 Å². The molecule has 0 bridgehead atoms. The zero-order valence-electron chi connectivity index (χ0n) is 21.1. The third-order valence-corrected chi connectivity index (χ3v) is 7.47. The van der Waals surface area contributed by atoms with Gasteiger partial charge in [-0.3, -0.25) is 18.9 Å². The lowest BCUT2D eigenvalue weighted by Crippen LogP contribution is -2.49. The molecule has 19 heteroatoms. The van der Waals surface area contributed by atoms with Crippen molar-refractivity contribution < 1.29 is 58.4 Å². The molecule has 3 amide bonds. The van der Waals surface area contributed by atoms with Gasteiger partial charge in [0.25, 0.3) is 0 Å². The van der Waals surface area contributed by atoms with E-state index < -0.39 is 46.0 Å². The highest BCUT2D eigenvalue weighted by molar-refractivity contribution is 7.52. The first kappa shape index (κ1) is 34.1. The summed E-state index contributed by atoms with van der Waals surface area (Å²) in [6.45, 7) is 1.17. The van der Waals surface area contributed by atoms with E-state index in [2.05, 4.69) is 0 Å². The van der Waals surface area contributed by atoms with E-state index in [0.717, 1.165) is 19.6 Å². The van der Waals surface area contributed by atoms with Crippen LogP contribution in [0.25, 0.3) is 0 Å². The van der Waals surface area contributed by atoms with Gasteiger partial charge in [-0.05, 0) is 25.9 Å². The average Bonchev–Trinajstić information content (AvgIpc) is 2.74. The first-order valence-electron chi connectivity index (χ1n) is 12.0. The second kappa shape index (κ2) is 16.2. The molecule has 1 rings (SSSR count). The fourth-order valence-corrected chi connectivity index (χ4v) is 5.67. The minimum absolute atomic E-state index is 0.0533. The van der Waals surface area contributed by atoms with Crippen LogP contribution in [-0.2, 0) is 9.13 Å². The van der Waals surface area contributed by atoms with Gasteiger partial charge in [0.05, 0.1) is 0 Å². The molecule has 38 heavy (non-hydrogen) atoms. The van der Waals surface area contributed by atoms with Gasteiger partial charge in [-0.25, -0.2) is 14.4 Å². The van der Waals surface area contributed by atoms with Crippen molar-refractivity contribution in [2.24, 2.45) is 0 Å². The van der Waals surface area contributed by atoms with Gasteiger partial charge in [-0.15, -0.1) is 0 Å². The van der Waals surface area contributed by atoms with Crippen molar-refractivity contribution in [1.29, 1.82) is 0 Å². The standard InChI is InChI=1S/C19H39N5O12P2/c25-17(26)22-9-7-20(8-10-23(18(27)28)12-14-24(13-11-22)19(29)30)5-3-1-2-4-6-21(15-37(31,32)33)16-38(34,35)36/h1-16H2,(H,25,26)(H,27,28)(H,29,30)(H2,31,32,33)(H2,34,35,36). The molecule has 1 fully saturated rings. The molecule has 222 valence electrons. The van der Waals surface area contributed by atoms with E-state index in [9.17, 15) is 38.8 Å². The third kappa shape index (κ3) is 15.4. The first-order valence-corrected chi connectivity index (χ1v) is 15.6. The summed E-state index contributed by atoms with van der Waals surface area (Å²) in [5, 5.41) is 28.3. The van der Waals surface area contributed by atoms with E-state index >= 15 is 0 Å². The second-order valence-corrected chi connectivity index (χ2v) is 12.3. The number of amides is 3. The van der Waals surface area contributed by atoms with Crippen molar-refractivity contribution in [3.05, 3.63) is 0 Å². The predicted octanol–water partition coefficient (Wildman–Crippen LogP) is 0.375. The van der Waals surface area contributed by atoms with Gasteiger partial charge in [0, 0.05) is 52.4 Å². The molecule has 0 aromatic heterocycles. The second-order valence-electron chi connectivity index (χ2n) is 9.07. The van der Waals surface area contributed by atoms with E-state index in [1.165, 1.54) is 0 Å². The molecule has 0 spiro atoms. The quantitative estimate of drug-likeness (QED) is 0.127. The van der Waals surface area contributed by atoms with Gasteiger partial charge in [0.2, 0.25) is 0 Å². The van der Waals surface area contributed by atoms with E-state index in [1.54, 1.807) is 0 Å². The summed E-state index contributed by atoms with van der Waals surface area (Å²) in [6, 6.07) is 0. The summed E-state index contributed by atoms with van der Waals surface area (Å²) in [5.74, 6) is 0. The van der Waals surface area contributed by atoms with Gasteiger partial charge in [-0.2, -0.15) is 0 Å². The van der Waals surface area contributed by atoms with Crippen molar-refractivity contribution in [2.75, 3.05) is 78.0 Å². The Morgan fingerprint density at radius 3 is 1.26 bits per heavy atom. The fraction of sp³-hybridized carbons (Fsp3) is 0.842. The van der Waals surface area contributed by atoms with Gasteiger partial charge in [0.15, 0.2) is 0 Å². The van der Waals surface area contributed by atoms with Crippen molar-refractivity contribution >= 4 is 33.5 Å². The van der Waals surface area contributed by atoms with E-state index in [0.29, 0.717) is 45.3 Å². The third-order valence-electron chi connectivity index (χ3n) is 5.93. The van der Waals surface area contributed by atoms with Crippen LogP contribution in [0.15, 0.2) is 0 Å². The lowest BCUT2D eigenvalue weighted by molar-refractivity contribution is 0.0983. The van der Waals surface area contributed by atoms with Gasteiger partial charge in [-0.1, -0.05) is 12.8 Å². The lowest BCUT2D eigenvalue weighted by Gasteiger charge is -2.32. The highest BCUT2D eigenvalue weighted by Gasteiger charge is 2.25. The van der Waals surface area contributed by atoms with E-state index in [1.807, 2.05) is 4.90 Å². The largest absolute Gasteiger partial charge is 0.465 e. The summed E-state index contributed by atoms with van der Waals surface area (Å²) in [5.41, 5.74) is 0. The minimum atomic E-state index is -4.49. The van der Waals surface area contributed by atoms with E-state index in [-0.39, 0.29) is 45.8 Å². The van der Waals surface area contributed by atoms with Crippen LogP contribution >= 0.6 is 15.2 Å². The number of carbonyl (C=O) groups is 3. The number of nitrogens with zero attached hydrogens (tertiary/aromatic N) is 5. The number of carboxylic acid groups (broad SMARTS) is 3. The van der Waals surface area contributed by atoms with Crippen LogP contribution in [0.5, 0.6) is 0 Å². The molecular formula is C19H39N5O12P2. The monoisotopic (exact) mass is 591 g/mol. The smallest absolute Gasteiger partial charge is 0.407 e. The summed E-state index contributed by atoms with van der Waals surface area (Å²) < 4.78 is 22.5. The molecule has 1 saturated heterocycles. The van der Waals surface area contributed by atoms with Gasteiger partial charge in [0.1, 0.15) is 12.6 Å². The molecule has 0 atom stereocenters. The summed E-state index contributed by atoms with van der Waals surface area (Å²) in [4.78, 5) is 77.4. The van der Waals surface area contributed by atoms with Crippen molar-refractivity contribution in [3.8, 4) is 0 Å². The lowest BCUT2D eigenvalue weighted by atomic mass is 10.2. The summed E-state index contributed by atoms with van der Waals surface area (Å²) >= 11 is 0. The van der Waals surface area contributed by atoms with Gasteiger partial charge >= 0.3 is 33.5 Å². The molecule has 0 radical (unpaired) electrons. The molecule has 1 aliphatic rings. The number of rotatable bonds is 11. The molecule has 1 aliphatic heterocycles. The fourth-order valence-electron chi connectivity index (χ4n) is 3.98. The van der Waals surface area contributed by atoms with Crippen LogP contribution in [0.1, 0.15) is 25.7 Å². The Kier molecular flexibility index (Phi) is 14.5. The van der Waals surface area contributed by atoms with Crippen LogP contribution in [0, 0.1) is 0 Å². The van der Waals surface area contributed by atoms with Crippen molar-refractivity contribution in [2.45, 2.75) is 25.7 Å². The number of unbranched alkanes of at least 4 members (excludes halogenated alkanes) is 3. The maximum absolute atomic E-state index is 11.6. The number of hydrogen-bond donors (Lipinski definition) is 7. The maximum Gasteiger partial charge on any atom is 0.407 e. The van der Waals surface area contributed by atoms with Crippen LogP contribution in [0.4, 0.5) is 14.4 Å². The molecule has 0 aliphatic carbocycles. The van der Waals surface area contributed by atoms with Crippen LogP contribution < -0.4 is 0 Å². The number of hydrogen-bond acceptors (Lipinski definition) is 7. The Hall–Kier alpha value is -1.97. The van der Waals surface area contributed by atoms with Crippen molar-refractivity contribution in [3.63, 3.8) is 0 Å². The summed E-state index contributed by atoms with van der Waals surface area (Å²) in [6.07, 6.45) is -2.75. The molecule has 1 heterocycles. The molecular weight excluding hydrogens is 552 g/mol. The van der Waals surface area contributed by atoms with Crippen LogP contribution in [0.3, 0.4) is 0 Å². The minimum Gasteiger partial charge on any atom is -0.465 e. The topological polar surface area (TPSA) is 243 Å². The average molecular weight is 591 g/mol. The first-order chi connectivity index (χ1) is 17.6. The SMILES string of the molecule is O=C(O)N1CCN(CCCCCCN(CP(=O)(O)O)CP(=O)(O)O)CCN(C(=O)O)CCN(C(=O)O)CC1. The Morgan fingerprint density at radius 2 is 0.921 bits per heavy atom. The normalized spacial score (nSPS) is 17.2. The molecule has 0 saturated carbocycles. The molecule has 0 unspecified atom stereocenters. The highest BCUT2D eigenvalue weighted by atomic mass is 31.2. The molecule has 0 aromatic rings. The zero-order chi connectivity index (χ0) is 28.9. The Balaban J connectivity index is 2.66. The Bertz CT molecular complexity index is 815. The highest BCUT2D eigenvalue weighted by Crippen LogP contribution is 2.40. The van der Waals surface area contributed by atoms with Crippen LogP contribution in [-0.4, -0.2) is 156 Å². The van der Waals surface area contributed by atoms with Crippen LogP contribution in [0.2, 0.25) is 0 Å². The predicted molar refractivity (Wildman–Crippen MR) is 134 cm³/mol. The van der Waals surface area contributed by atoms with Gasteiger partial charge < -0.3 is 49.6 Å². The Morgan fingerprint density at radius 1 is 0.579 bits per heavy atom. The Labute approximate surface area is 220 Å². The summed E-state index contributed by atoms with van der Waals surface area (Å²) in [7, 11) is -8.98. The van der Waals surface area contributed by atoms with E-state index in [4.69, 9.17) is 19.6 Å².